The van der Waals surface area contributed by atoms with Crippen LogP contribution in [0.3, 0.4) is 0 Å². The van der Waals surface area contributed by atoms with Crippen LogP contribution in [0.2, 0.25) is 0 Å². The van der Waals surface area contributed by atoms with Crippen molar-refractivity contribution in [3.8, 4) is 0 Å². The molecule has 1 fully saturated rings. The third-order valence-corrected chi connectivity index (χ3v) is 6.69. The number of sulfonamides is 1. The van der Waals surface area contributed by atoms with E-state index in [-0.39, 0.29) is 35.0 Å². The van der Waals surface area contributed by atoms with Gasteiger partial charge in [0.2, 0.25) is 15.9 Å². The van der Waals surface area contributed by atoms with Gasteiger partial charge in [-0.2, -0.15) is 4.31 Å². The number of hydrogen-bond acceptors (Lipinski definition) is 7. The van der Waals surface area contributed by atoms with Crippen molar-refractivity contribution in [3.05, 3.63) is 35.7 Å². The van der Waals surface area contributed by atoms with Gasteiger partial charge in [-0.1, -0.05) is 18.4 Å². The number of anilines is 1. The second-order valence-corrected chi connectivity index (χ2v) is 8.48. The number of hydrogen-bond donors (Lipinski definition) is 1. The minimum atomic E-state index is -3.58. The number of benzene rings is 1. The summed E-state index contributed by atoms with van der Waals surface area (Å²) in [6.45, 7) is 2.68. The Balaban J connectivity index is 1.72. The summed E-state index contributed by atoms with van der Waals surface area (Å²) < 4.78 is 37.6. The number of ether oxygens (including phenoxy) is 1. The smallest absolute Gasteiger partial charge is 0.322 e. The van der Waals surface area contributed by atoms with Gasteiger partial charge in [0.05, 0.1) is 4.90 Å². The van der Waals surface area contributed by atoms with Crippen molar-refractivity contribution in [1.82, 2.24) is 14.5 Å². The Morgan fingerprint density at radius 1 is 1.29 bits per heavy atom. The van der Waals surface area contributed by atoms with Crippen LogP contribution in [0.4, 0.5) is 6.01 Å². The summed E-state index contributed by atoms with van der Waals surface area (Å²) in [7, 11) is -2.09. The molecule has 1 aromatic carbocycles. The molecule has 0 spiro atoms. The summed E-state index contributed by atoms with van der Waals surface area (Å²) in [5.74, 6) is -0.229. The Morgan fingerprint density at radius 3 is 2.71 bits per heavy atom. The van der Waals surface area contributed by atoms with E-state index in [2.05, 4.69) is 15.5 Å². The van der Waals surface area contributed by atoms with E-state index in [1.54, 1.807) is 4.31 Å². The number of carbonyl (C=O) groups excluding carboxylic acids is 1. The zero-order valence-electron chi connectivity index (χ0n) is 15.9. The van der Waals surface area contributed by atoms with E-state index in [0.717, 1.165) is 25.7 Å². The molecule has 1 aliphatic heterocycles. The first-order valence-electron chi connectivity index (χ1n) is 9.20. The van der Waals surface area contributed by atoms with Crippen LogP contribution >= 0.6 is 0 Å². The van der Waals surface area contributed by atoms with Gasteiger partial charge in [-0.05, 0) is 43.5 Å². The number of nitrogens with one attached hydrogen (secondary N) is 1. The largest absolute Gasteiger partial charge is 0.405 e. The number of rotatable bonds is 7. The van der Waals surface area contributed by atoms with E-state index >= 15 is 0 Å². The van der Waals surface area contributed by atoms with Gasteiger partial charge in [0, 0.05) is 25.3 Å². The van der Waals surface area contributed by atoms with E-state index in [1.807, 2.05) is 6.92 Å². The van der Waals surface area contributed by atoms with Gasteiger partial charge in [0.25, 0.3) is 5.91 Å². The zero-order valence-corrected chi connectivity index (χ0v) is 16.7. The van der Waals surface area contributed by atoms with E-state index in [1.165, 1.54) is 31.4 Å². The highest BCUT2D eigenvalue weighted by Gasteiger charge is 2.32. The van der Waals surface area contributed by atoms with Gasteiger partial charge in [-0.25, -0.2) is 8.42 Å². The lowest BCUT2D eigenvalue weighted by atomic mass is 10.0. The van der Waals surface area contributed by atoms with Gasteiger partial charge < -0.3 is 9.15 Å². The van der Waals surface area contributed by atoms with Crippen LogP contribution < -0.4 is 5.32 Å². The number of amides is 1. The van der Waals surface area contributed by atoms with Crippen molar-refractivity contribution in [3.63, 3.8) is 0 Å². The van der Waals surface area contributed by atoms with Crippen molar-refractivity contribution in [2.75, 3.05) is 19.0 Å². The van der Waals surface area contributed by atoms with Crippen molar-refractivity contribution < 1.29 is 22.4 Å². The predicted molar refractivity (Wildman–Crippen MR) is 101 cm³/mol. The molecule has 9 nitrogen and oxygen atoms in total. The maximum atomic E-state index is 13.0. The molecule has 1 amide bonds. The summed E-state index contributed by atoms with van der Waals surface area (Å²) in [6.07, 6.45) is 3.58. The van der Waals surface area contributed by atoms with Gasteiger partial charge in [-0.15, -0.1) is 5.10 Å². The van der Waals surface area contributed by atoms with Crippen LogP contribution in [-0.2, 0) is 21.4 Å². The molecular weight excluding hydrogens is 384 g/mol. The molecule has 0 saturated carbocycles. The van der Waals surface area contributed by atoms with E-state index in [0.29, 0.717) is 6.54 Å². The molecule has 0 bridgehead atoms. The Hall–Kier alpha value is -2.30. The Morgan fingerprint density at radius 2 is 2.04 bits per heavy atom. The number of carbonyl (C=O) groups is 1. The standard InChI is InChI=1S/C18H24N4O5S/c1-3-14-6-4-5-11-22(14)28(24,25)15-9-7-13(8-10-15)17(23)19-18-21-20-16(27-18)12-26-2/h7-10,14H,3-6,11-12H2,1-2H3,(H,19,21,23). The van der Waals surface area contributed by atoms with Crippen molar-refractivity contribution in [2.45, 2.75) is 50.2 Å². The molecule has 0 radical (unpaired) electrons. The van der Waals surface area contributed by atoms with Crippen LogP contribution in [0, 0.1) is 0 Å². The van der Waals surface area contributed by atoms with Crippen LogP contribution in [0.15, 0.2) is 33.6 Å². The molecule has 10 heteroatoms. The molecule has 1 aromatic heterocycles. The lowest BCUT2D eigenvalue weighted by Gasteiger charge is -2.34. The first-order chi connectivity index (χ1) is 13.5. The molecule has 2 aromatic rings. The Labute approximate surface area is 164 Å². The molecule has 28 heavy (non-hydrogen) atoms. The summed E-state index contributed by atoms with van der Waals surface area (Å²) in [5.41, 5.74) is 0.288. The SMILES string of the molecule is CCC1CCCCN1S(=O)(=O)c1ccc(C(=O)Nc2nnc(COC)o2)cc1. The van der Waals surface area contributed by atoms with Crippen LogP contribution in [0.25, 0.3) is 0 Å². The number of nitrogens with zero attached hydrogens (tertiary/aromatic N) is 3. The third-order valence-electron chi connectivity index (χ3n) is 4.72. The molecule has 152 valence electrons. The van der Waals surface area contributed by atoms with Gasteiger partial charge in [-0.3, -0.25) is 10.1 Å². The van der Waals surface area contributed by atoms with E-state index in [4.69, 9.17) is 9.15 Å². The van der Waals surface area contributed by atoms with Crippen molar-refractivity contribution in [1.29, 1.82) is 0 Å². The summed E-state index contributed by atoms with van der Waals surface area (Å²) >= 11 is 0. The number of aromatic nitrogens is 2. The minimum Gasteiger partial charge on any atom is -0.405 e. The summed E-state index contributed by atoms with van der Waals surface area (Å²) in [4.78, 5) is 12.5. The average Bonchev–Trinajstić information content (AvgIpc) is 3.15. The van der Waals surface area contributed by atoms with Crippen LogP contribution in [0.5, 0.6) is 0 Å². The second kappa shape index (κ2) is 8.80. The molecule has 0 aliphatic carbocycles. The molecule has 1 unspecified atom stereocenters. The first-order valence-corrected chi connectivity index (χ1v) is 10.6. The van der Waals surface area contributed by atoms with Crippen LogP contribution in [-0.4, -0.2) is 48.5 Å². The topological polar surface area (TPSA) is 115 Å². The van der Waals surface area contributed by atoms with Gasteiger partial charge in [0.15, 0.2) is 0 Å². The summed E-state index contributed by atoms with van der Waals surface area (Å²) in [6, 6.07) is 5.83. The van der Waals surface area contributed by atoms with Crippen molar-refractivity contribution in [2.24, 2.45) is 0 Å². The maximum absolute atomic E-state index is 13.0. The highest BCUT2D eigenvalue weighted by Crippen LogP contribution is 2.27. The fourth-order valence-corrected chi connectivity index (χ4v) is 5.03. The van der Waals surface area contributed by atoms with E-state index < -0.39 is 15.9 Å². The predicted octanol–water partition coefficient (Wildman–Crippen LogP) is 2.42. The van der Waals surface area contributed by atoms with Gasteiger partial charge >= 0.3 is 6.01 Å². The monoisotopic (exact) mass is 408 g/mol. The average molecular weight is 408 g/mol. The number of piperidine rings is 1. The minimum absolute atomic E-state index is 0.0283. The maximum Gasteiger partial charge on any atom is 0.322 e. The van der Waals surface area contributed by atoms with Crippen LogP contribution in [0.1, 0.15) is 48.9 Å². The fourth-order valence-electron chi connectivity index (χ4n) is 3.27. The lowest BCUT2D eigenvalue weighted by molar-refractivity contribution is 0.102. The third kappa shape index (κ3) is 4.40. The second-order valence-electron chi connectivity index (χ2n) is 6.59. The molecule has 3 rings (SSSR count). The zero-order chi connectivity index (χ0) is 20.1. The van der Waals surface area contributed by atoms with E-state index in [9.17, 15) is 13.2 Å². The quantitative estimate of drug-likeness (QED) is 0.748. The highest BCUT2D eigenvalue weighted by molar-refractivity contribution is 7.89. The number of methoxy groups -OCH3 is 1. The normalized spacial score (nSPS) is 18.1. The molecule has 1 saturated heterocycles. The first kappa shape index (κ1) is 20.4. The molecule has 2 heterocycles. The fraction of sp³-hybridized carbons (Fsp3) is 0.500. The summed E-state index contributed by atoms with van der Waals surface area (Å²) in [5, 5.41) is 9.91. The van der Waals surface area contributed by atoms with Crippen molar-refractivity contribution >= 4 is 21.9 Å². The Bertz CT molecular complexity index is 910. The molecule has 1 N–H and O–H groups in total. The highest BCUT2D eigenvalue weighted by atomic mass is 32.2. The van der Waals surface area contributed by atoms with Gasteiger partial charge in [0.1, 0.15) is 6.61 Å². The Kier molecular flexibility index (Phi) is 6.42. The molecule has 1 atom stereocenters. The molecule has 1 aliphatic rings. The molecular formula is C18H24N4O5S. The lowest BCUT2D eigenvalue weighted by Crippen LogP contribution is -2.43.